The van der Waals surface area contributed by atoms with Crippen LogP contribution < -0.4 is 0 Å². The van der Waals surface area contributed by atoms with Crippen LogP contribution in [0.4, 0.5) is 0 Å². The highest BCUT2D eigenvalue weighted by atomic mass is 14.7. The maximum atomic E-state index is 4.82. The van der Waals surface area contributed by atoms with Gasteiger partial charge in [0.25, 0.3) is 0 Å². The zero-order valence-corrected chi connectivity index (χ0v) is 21.8. The zero-order chi connectivity index (χ0) is 23.8. The van der Waals surface area contributed by atoms with Crippen LogP contribution in [0.3, 0.4) is 0 Å². The molecule has 3 aliphatic rings. The first kappa shape index (κ1) is 22.1. The number of aromatic nitrogens is 1. The van der Waals surface area contributed by atoms with E-state index >= 15 is 0 Å². The van der Waals surface area contributed by atoms with Crippen LogP contribution in [0.25, 0.3) is 22.4 Å². The molecule has 0 radical (unpaired) electrons. The van der Waals surface area contributed by atoms with Crippen molar-refractivity contribution < 1.29 is 0 Å². The molecule has 1 heteroatoms. The van der Waals surface area contributed by atoms with E-state index in [1.54, 1.807) is 11.1 Å². The Hall–Kier alpha value is -2.41. The second kappa shape index (κ2) is 7.54. The maximum absolute atomic E-state index is 4.82. The van der Waals surface area contributed by atoms with Gasteiger partial charge in [-0.3, -0.25) is 4.98 Å². The van der Waals surface area contributed by atoms with Crippen LogP contribution in [-0.4, -0.2) is 4.98 Å². The molecule has 6 rings (SSSR count). The molecule has 0 bridgehead atoms. The number of hydrogen-bond donors (Lipinski definition) is 0. The summed E-state index contributed by atoms with van der Waals surface area (Å²) in [5, 5.41) is 0. The normalized spacial score (nSPS) is 33.9. The summed E-state index contributed by atoms with van der Waals surface area (Å²) in [6.45, 7) is 14.4. The molecule has 0 amide bonds. The van der Waals surface area contributed by atoms with Crippen molar-refractivity contribution in [3.63, 3.8) is 0 Å². The minimum Gasteiger partial charge on any atom is -0.256 e. The average Bonchev–Trinajstić information content (AvgIpc) is 2.82. The summed E-state index contributed by atoms with van der Waals surface area (Å²) in [6.07, 6.45) is 7.29. The van der Waals surface area contributed by atoms with Gasteiger partial charge in [-0.1, -0.05) is 64.1 Å². The Morgan fingerprint density at radius 3 is 1.79 bits per heavy atom. The van der Waals surface area contributed by atoms with Gasteiger partial charge in [0.15, 0.2) is 0 Å². The quantitative estimate of drug-likeness (QED) is 0.362. The molecule has 1 aromatic heterocycles. The molecule has 0 N–H and O–H groups in total. The van der Waals surface area contributed by atoms with Crippen molar-refractivity contribution >= 4 is 0 Å². The van der Waals surface area contributed by atoms with Gasteiger partial charge < -0.3 is 0 Å². The summed E-state index contributed by atoms with van der Waals surface area (Å²) in [7, 11) is 0. The van der Waals surface area contributed by atoms with Crippen molar-refractivity contribution in [1.82, 2.24) is 4.98 Å². The average molecular weight is 450 g/mol. The number of aryl methyl sites for hydroxylation is 2. The van der Waals surface area contributed by atoms with Crippen LogP contribution in [0.5, 0.6) is 0 Å². The van der Waals surface area contributed by atoms with Crippen LogP contribution in [-0.2, 0) is 10.8 Å². The summed E-state index contributed by atoms with van der Waals surface area (Å²) < 4.78 is 0. The van der Waals surface area contributed by atoms with E-state index in [9.17, 15) is 0 Å². The fraction of sp³-hybridized carbons (Fsp3) is 0.485. The van der Waals surface area contributed by atoms with Crippen molar-refractivity contribution in [3.05, 3.63) is 77.0 Å². The Balaban J connectivity index is 1.63. The fourth-order valence-corrected chi connectivity index (χ4v) is 8.17. The highest BCUT2D eigenvalue weighted by Crippen LogP contribution is 2.69. The van der Waals surface area contributed by atoms with Crippen molar-refractivity contribution in [2.75, 3.05) is 0 Å². The minimum atomic E-state index is 0.240. The Bertz CT molecular complexity index is 1250. The molecule has 34 heavy (non-hydrogen) atoms. The van der Waals surface area contributed by atoms with Gasteiger partial charge in [-0.25, -0.2) is 0 Å². The van der Waals surface area contributed by atoms with E-state index in [-0.39, 0.29) is 10.8 Å². The van der Waals surface area contributed by atoms with E-state index in [1.807, 2.05) is 6.20 Å². The van der Waals surface area contributed by atoms with Crippen LogP contribution in [0.2, 0.25) is 0 Å². The molecule has 3 aromatic rings. The molecule has 1 nitrogen and oxygen atoms in total. The van der Waals surface area contributed by atoms with E-state index < -0.39 is 0 Å². The van der Waals surface area contributed by atoms with Crippen molar-refractivity contribution in [1.29, 1.82) is 0 Å². The lowest BCUT2D eigenvalue weighted by molar-refractivity contribution is -0.0178. The maximum Gasteiger partial charge on any atom is 0.0705 e. The minimum absolute atomic E-state index is 0.240. The Morgan fingerprint density at radius 2 is 1.21 bits per heavy atom. The highest BCUT2D eigenvalue weighted by molar-refractivity contribution is 5.82. The van der Waals surface area contributed by atoms with Gasteiger partial charge in [0.1, 0.15) is 0 Å². The van der Waals surface area contributed by atoms with Crippen LogP contribution in [0.1, 0.15) is 75.6 Å². The highest BCUT2D eigenvalue weighted by Gasteiger charge is 2.63. The molecule has 2 saturated carbocycles. The van der Waals surface area contributed by atoms with Crippen molar-refractivity contribution in [2.24, 2.45) is 23.7 Å². The third-order valence-electron chi connectivity index (χ3n) is 10.5. The largest absolute Gasteiger partial charge is 0.256 e. The van der Waals surface area contributed by atoms with Gasteiger partial charge in [0.05, 0.1) is 5.69 Å². The van der Waals surface area contributed by atoms with E-state index in [2.05, 4.69) is 90.1 Å². The van der Waals surface area contributed by atoms with E-state index in [0.29, 0.717) is 0 Å². The first-order valence-corrected chi connectivity index (χ1v) is 13.4. The molecule has 1 heterocycles. The Labute approximate surface area is 206 Å². The smallest absolute Gasteiger partial charge is 0.0705 e. The summed E-state index contributed by atoms with van der Waals surface area (Å²) in [5.41, 5.74) is 11.6. The fourth-order valence-electron chi connectivity index (χ4n) is 8.17. The van der Waals surface area contributed by atoms with Gasteiger partial charge in [-0.05, 0) is 109 Å². The molecule has 0 saturated heterocycles. The molecule has 0 spiro atoms. The monoisotopic (exact) mass is 449 g/mol. The first-order valence-electron chi connectivity index (χ1n) is 13.4. The van der Waals surface area contributed by atoms with E-state index in [1.165, 1.54) is 53.5 Å². The lowest BCUT2D eigenvalue weighted by Gasteiger charge is -2.65. The van der Waals surface area contributed by atoms with Gasteiger partial charge in [0.2, 0.25) is 0 Å². The first-order chi connectivity index (χ1) is 16.3. The molecule has 2 aromatic carbocycles. The predicted octanol–water partition coefficient (Wildman–Crippen LogP) is 8.65. The molecule has 176 valence electrons. The van der Waals surface area contributed by atoms with Gasteiger partial charge in [-0.15, -0.1) is 0 Å². The number of benzene rings is 2. The third kappa shape index (κ3) is 2.88. The lowest BCUT2D eigenvalue weighted by atomic mass is 9.38. The van der Waals surface area contributed by atoms with E-state index in [4.69, 9.17) is 4.98 Å². The topological polar surface area (TPSA) is 12.9 Å². The zero-order valence-electron chi connectivity index (χ0n) is 21.8. The van der Waals surface area contributed by atoms with Gasteiger partial charge in [0, 0.05) is 22.6 Å². The molecule has 0 aliphatic heterocycles. The number of fused-ring (bicyclic) bond motifs is 3. The van der Waals surface area contributed by atoms with Gasteiger partial charge >= 0.3 is 0 Å². The molecule has 2 fully saturated rings. The second-order valence-electron chi connectivity index (χ2n) is 12.3. The predicted molar refractivity (Wildman–Crippen MR) is 143 cm³/mol. The van der Waals surface area contributed by atoms with Crippen LogP contribution in [0, 0.1) is 37.5 Å². The standard InChI is InChI=1S/C33H39N/c1-20-13-31(34-19-25(20)6)26-11-12-30-28(14-26)27-9-7-8-10-29(27)32-15-21(2)23(4)17-33(30,32)18-24(5)22(3)16-32/h7-14,19,21-24H,15-18H2,1-6H3. The van der Waals surface area contributed by atoms with Crippen molar-refractivity contribution in [3.8, 4) is 22.4 Å². The van der Waals surface area contributed by atoms with Crippen LogP contribution in [0.15, 0.2) is 54.7 Å². The van der Waals surface area contributed by atoms with Crippen molar-refractivity contribution in [2.45, 2.75) is 78.1 Å². The summed E-state index contributed by atoms with van der Waals surface area (Å²) in [6, 6.07) is 19.0. The summed E-state index contributed by atoms with van der Waals surface area (Å²) in [5.74, 6) is 3.05. The van der Waals surface area contributed by atoms with E-state index in [0.717, 1.165) is 29.4 Å². The van der Waals surface area contributed by atoms with Gasteiger partial charge in [-0.2, -0.15) is 0 Å². The Kier molecular flexibility index (Phi) is 4.90. The number of rotatable bonds is 1. The Morgan fingerprint density at radius 1 is 0.647 bits per heavy atom. The summed E-state index contributed by atoms with van der Waals surface area (Å²) >= 11 is 0. The third-order valence-corrected chi connectivity index (χ3v) is 10.5. The molecule has 4 atom stereocenters. The van der Waals surface area contributed by atoms with Crippen LogP contribution >= 0.6 is 0 Å². The molecule has 3 aliphatic carbocycles. The summed E-state index contributed by atoms with van der Waals surface area (Å²) in [4.78, 5) is 4.82. The second-order valence-corrected chi connectivity index (χ2v) is 12.3. The lowest BCUT2D eigenvalue weighted by Crippen LogP contribution is -2.61. The molecule has 4 unspecified atom stereocenters. The molecular formula is C33H39N. The number of nitrogens with zero attached hydrogens (tertiary/aromatic N) is 1. The number of hydrogen-bond acceptors (Lipinski definition) is 1. The molecular weight excluding hydrogens is 410 g/mol. The SMILES string of the molecule is Cc1cnc(-c2ccc3c(c2)-c2ccccc2C24CC(C)C(C)CC32CC(C)C(C)C4)cc1C. The number of pyridine rings is 1.